The van der Waals surface area contributed by atoms with Crippen LogP contribution >= 0.6 is 0 Å². The summed E-state index contributed by atoms with van der Waals surface area (Å²) in [4.78, 5) is 0. The zero-order valence-corrected chi connectivity index (χ0v) is 6.64. The van der Waals surface area contributed by atoms with E-state index >= 15 is 0 Å². The topological polar surface area (TPSA) is 46.2 Å². The minimum Gasteiger partial charge on any atom is -0.394 e. The Morgan fingerprint density at radius 1 is 1.70 bits per heavy atom. The molecule has 1 saturated carbocycles. The van der Waals surface area contributed by atoms with Crippen LogP contribution in [0.25, 0.3) is 0 Å². The van der Waals surface area contributed by atoms with E-state index in [4.69, 9.17) is 10.8 Å². The maximum atomic E-state index is 8.94. The molecule has 2 nitrogen and oxygen atoms in total. The molecule has 1 fully saturated rings. The Bertz CT molecular complexity index is 116. The maximum absolute atomic E-state index is 8.94. The third kappa shape index (κ3) is 1.70. The lowest BCUT2D eigenvalue weighted by Crippen LogP contribution is -2.47. The van der Waals surface area contributed by atoms with Gasteiger partial charge in [-0.3, -0.25) is 0 Å². The molecule has 0 saturated heterocycles. The summed E-state index contributed by atoms with van der Waals surface area (Å²) in [6, 6.07) is 0. The molecule has 1 aliphatic rings. The molecule has 0 amide bonds. The molecule has 2 unspecified atom stereocenters. The van der Waals surface area contributed by atoms with Crippen molar-refractivity contribution in [3.8, 4) is 0 Å². The van der Waals surface area contributed by atoms with Crippen LogP contribution in [0.1, 0.15) is 32.6 Å². The third-order valence-corrected chi connectivity index (χ3v) is 2.44. The number of hydrogen-bond acceptors (Lipinski definition) is 2. The lowest BCUT2D eigenvalue weighted by Gasteiger charge is -2.34. The predicted octanol–water partition coefficient (Wildman–Crippen LogP) is 0.886. The first kappa shape index (κ1) is 8.02. The summed E-state index contributed by atoms with van der Waals surface area (Å²) < 4.78 is 0. The third-order valence-electron chi connectivity index (χ3n) is 2.44. The molecular weight excluding hydrogens is 126 g/mol. The second kappa shape index (κ2) is 2.89. The van der Waals surface area contributed by atoms with Crippen LogP contribution in [0, 0.1) is 5.92 Å². The predicted molar refractivity (Wildman–Crippen MR) is 41.6 cm³/mol. The molecule has 2 atom stereocenters. The summed E-state index contributed by atoms with van der Waals surface area (Å²) in [5, 5.41) is 8.94. The summed E-state index contributed by atoms with van der Waals surface area (Å²) in [7, 11) is 0. The van der Waals surface area contributed by atoms with E-state index in [1.165, 1.54) is 12.8 Å². The van der Waals surface area contributed by atoms with Crippen LogP contribution in [0.5, 0.6) is 0 Å². The SMILES string of the molecule is CC1CCCC(N)(CO)C1. The van der Waals surface area contributed by atoms with Gasteiger partial charge in [-0.05, 0) is 18.8 Å². The molecule has 0 spiro atoms. The second-order valence-corrected chi connectivity index (χ2v) is 3.72. The van der Waals surface area contributed by atoms with Crippen molar-refractivity contribution >= 4 is 0 Å². The highest BCUT2D eigenvalue weighted by atomic mass is 16.3. The fourth-order valence-corrected chi connectivity index (χ4v) is 1.84. The average molecular weight is 143 g/mol. The maximum Gasteiger partial charge on any atom is 0.0611 e. The Morgan fingerprint density at radius 3 is 2.80 bits per heavy atom. The van der Waals surface area contributed by atoms with Gasteiger partial charge in [0.25, 0.3) is 0 Å². The van der Waals surface area contributed by atoms with Crippen molar-refractivity contribution in [3.63, 3.8) is 0 Å². The molecule has 0 heterocycles. The molecule has 0 aromatic heterocycles. The van der Waals surface area contributed by atoms with Crippen LogP contribution in [0.2, 0.25) is 0 Å². The van der Waals surface area contributed by atoms with Crippen LogP contribution in [0.15, 0.2) is 0 Å². The quantitative estimate of drug-likeness (QED) is 0.572. The molecule has 2 heteroatoms. The lowest BCUT2D eigenvalue weighted by molar-refractivity contribution is 0.134. The van der Waals surface area contributed by atoms with Gasteiger partial charge in [-0.2, -0.15) is 0 Å². The van der Waals surface area contributed by atoms with Crippen molar-refractivity contribution in [2.24, 2.45) is 11.7 Å². The lowest BCUT2D eigenvalue weighted by atomic mass is 9.78. The molecule has 0 radical (unpaired) electrons. The Labute approximate surface area is 62.4 Å². The highest BCUT2D eigenvalue weighted by Crippen LogP contribution is 2.29. The van der Waals surface area contributed by atoms with Gasteiger partial charge in [0.2, 0.25) is 0 Å². The molecule has 60 valence electrons. The van der Waals surface area contributed by atoms with Gasteiger partial charge < -0.3 is 10.8 Å². The highest BCUT2D eigenvalue weighted by Gasteiger charge is 2.29. The molecule has 10 heavy (non-hydrogen) atoms. The van der Waals surface area contributed by atoms with E-state index in [-0.39, 0.29) is 12.1 Å². The van der Waals surface area contributed by atoms with Gasteiger partial charge in [-0.25, -0.2) is 0 Å². The van der Waals surface area contributed by atoms with Gasteiger partial charge in [-0.15, -0.1) is 0 Å². The number of nitrogens with two attached hydrogens (primary N) is 1. The van der Waals surface area contributed by atoms with Crippen molar-refractivity contribution in [3.05, 3.63) is 0 Å². The number of hydrogen-bond donors (Lipinski definition) is 2. The van der Waals surface area contributed by atoms with Gasteiger partial charge in [0.1, 0.15) is 0 Å². The van der Waals surface area contributed by atoms with Gasteiger partial charge in [-0.1, -0.05) is 19.8 Å². The first-order chi connectivity index (χ1) is 4.66. The van der Waals surface area contributed by atoms with Gasteiger partial charge in [0, 0.05) is 5.54 Å². The molecule has 0 bridgehead atoms. The average Bonchev–Trinajstić information content (AvgIpc) is 1.88. The van der Waals surface area contributed by atoms with Crippen LogP contribution in [0.4, 0.5) is 0 Å². The molecule has 1 rings (SSSR count). The fourth-order valence-electron chi connectivity index (χ4n) is 1.84. The fraction of sp³-hybridized carbons (Fsp3) is 1.00. The zero-order valence-electron chi connectivity index (χ0n) is 6.64. The smallest absolute Gasteiger partial charge is 0.0611 e. The monoisotopic (exact) mass is 143 g/mol. The van der Waals surface area contributed by atoms with E-state index < -0.39 is 0 Å². The van der Waals surface area contributed by atoms with Crippen molar-refractivity contribution in [2.75, 3.05) is 6.61 Å². The van der Waals surface area contributed by atoms with Gasteiger partial charge in [0.05, 0.1) is 6.61 Å². The normalized spacial score (nSPS) is 41.7. The van der Waals surface area contributed by atoms with E-state index in [2.05, 4.69) is 6.92 Å². The van der Waals surface area contributed by atoms with E-state index in [1.807, 2.05) is 0 Å². The van der Waals surface area contributed by atoms with Crippen molar-refractivity contribution in [1.29, 1.82) is 0 Å². The summed E-state index contributed by atoms with van der Waals surface area (Å²) in [5.41, 5.74) is 5.65. The Kier molecular flexibility index (Phi) is 2.32. The molecule has 1 aliphatic carbocycles. The number of rotatable bonds is 1. The zero-order chi connectivity index (χ0) is 7.61. The molecule has 0 aromatic carbocycles. The van der Waals surface area contributed by atoms with Gasteiger partial charge >= 0.3 is 0 Å². The van der Waals surface area contributed by atoms with Crippen molar-refractivity contribution < 1.29 is 5.11 Å². The van der Waals surface area contributed by atoms with E-state index in [0.29, 0.717) is 5.92 Å². The van der Waals surface area contributed by atoms with Crippen LogP contribution in [0.3, 0.4) is 0 Å². The van der Waals surface area contributed by atoms with E-state index in [9.17, 15) is 0 Å². The molecule has 0 aromatic rings. The van der Waals surface area contributed by atoms with E-state index in [0.717, 1.165) is 12.8 Å². The number of aliphatic hydroxyl groups is 1. The van der Waals surface area contributed by atoms with Crippen molar-refractivity contribution in [1.82, 2.24) is 0 Å². The van der Waals surface area contributed by atoms with Crippen LogP contribution < -0.4 is 5.73 Å². The Morgan fingerprint density at radius 2 is 2.40 bits per heavy atom. The number of aliphatic hydroxyl groups excluding tert-OH is 1. The van der Waals surface area contributed by atoms with Crippen LogP contribution in [-0.4, -0.2) is 17.3 Å². The molecular formula is C8H17NO. The Hall–Kier alpha value is -0.0800. The largest absolute Gasteiger partial charge is 0.394 e. The summed E-state index contributed by atoms with van der Waals surface area (Å²) in [5.74, 6) is 0.700. The summed E-state index contributed by atoms with van der Waals surface area (Å²) in [6.45, 7) is 2.35. The first-order valence-corrected chi connectivity index (χ1v) is 4.06. The standard InChI is InChI=1S/C8H17NO/c1-7-3-2-4-8(9,5-7)6-10/h7,10H,2-6,9H2,1H3. The molecule has 3 N–H and O–H groups in total. The second-order valence-electron chi connectivity index (χ2n) is 3.72. The Balaban J connectivity index is 2.45. The van der Waals surface area contributed by atoms with E-state index in [1.54, 1.807) is 0 Å². The van der Waals surface area contributed by atoms with Gasteiger partial charge in [0.15, 0.2) is 0 Å². The minimum absolute atomic E-state index is 0.150. The van der Waals surface area contributed by atoms with Crippen molar-refractivity contribution in [2.45, 2.75) is 38.1 Å². The minimum atomic E-state index is -0.252. The highest BCUT2D eigenvalue weighted by molar-refractivity contribution is 4.88. The molecule has 0 aliphatic heterocycles. The van der Waals surface area contributed by atoms with Crippen LogP contribution in [-0.2, 0) is 0 Å². The summed E-state index contributed by atoms with van der Waals surface area (Å²) in [6.07, 6.45) is 4.44. The summed E-state index contributed by atoms with van der Waals surface area (Å²) >= 11 is 0. The first-order valence-electron chi connectivity index (χ1n) is 4.06.